The average molecular weight is 388 g/mol. The quantitative estimate of drug-likeness (QED) is 0.755. The zero-order valence-corrected chi connectivity index (χ0v) is 15.7. The minimum absolute atomic E-state index is 0. The molecular formula is C19H22BrN3O. The Morgan fingerprint density at radius 3 is 2.58 bits per heavy atom. The molecule has 2 bridgehead atoms. The van der Waals surface area contributed by atoms with Gasteiger partial charge in [0.15, 0.2) is 5.78 Å². The molecule has 3 heterocycles. The third-order valence-electron chi connectivity index (χ3n) is 5.16. The highest BCUT2D eigenvalue weighted by Crippen LogP contribution is 2.33. The molecule has 2 saturated heterocycles. The second-order valence-corrected chi connectivity index (χ2v) is 6.67. The van der Waals surface area contributed by atoms with Crippen molar-refractivity contribution in [1.29, 1.82) is 0 Å². The van der Waals surface area contributed by atoms with E-state index in [0.29, 0.717) is 12.1 Å². The van der Waals surface area contributed by atoms with Gasteiger partial charge in [0.2, 0.25) is 0 Å². The van der Waals surface area contributed by atoms with Crippen LogP contribution in [-0.4, -0.2) is 47.9 Å². The molecule has 1 aromatic carbocycles. The Morgan fingerprint density at radius 2 is 2.00 bits per heavy atom. The van der Waals surface area contributed by atoms with Crippen LogP contribution in [0.4, 0.5) is 5.69 Å². The van der Waals surface area contributed by atoms with Gasteiger partial charge in [-0.15, -0.1) is 17.0 Å². The van der Waals surface area contributed by atoms with Crippen LogP contribution in [0, 0.1) is 0 Å². The first-order valence-electron chi connectivity index (χ1n) is 8.16. The first-order chi connectivity index (χ1) is 11.1. The summed E-state index contributed by atoms with van der Waals surface area (Å²) < 4.78 is 0. The summed E-state index contributed by atoms with van der Waals surface area (Å²) in [5.41, 5.74) is 3.84. The number of piperazine rings is 1. The number of carbonyl (C=O) groups excluding carboxylic acids is 1. The number of pyridine rings is 1. The molecule has 0 aliphatic carbocycles. The molecule has 4 rings (SSSR count). The van der Waals surface area contributed by atoms with Crippen LogP contribution in [0.2, 0.25) is 0 Å². The van der Waals surface area contributed by atoms with Crippen LogP contribution in [0.15, 0.2) is 42.6 Å². The summed E-state index contributed by atoms with van der Waals surface area (Å²) in [6.45, 7) is 3.84. The molecule has 24 heavy (non-hydrogen) atoms. The van der Waals surface area contributed by atoms with Crippen molar-refractivity contribution >= 4 is 28.5 Å². The second-order valence-electron chi connectivity index (χ2n) is 6.67. The lowest BCUT2D eigenvalue weighted by atomic mass is 10.1. The maximum absolute atomic E-state index is 11.5. The molecule has 2 unspecified atom stereocenters. The zero-order valence-electron chi connectivity index (χ0n) is 14.0. The van der Waals surface area contributed by atoms with Crippen LogP contribution < -0.4 is 4.90 Å². The molecule has 0 radical (unpaired) electrons. The lowest BCUT2D eigenvalue weighted by Crippen LogP contribution is -2.44. The Labute approximate surface area is 153 Å². The van der Waals surface area contributed by atoms with Crippen LogP contribution in [0.1, 0.15) is 23.7 Å². The Balaban J connectivity index is 0.00000169. The summed E-state index contributed by atoms with van der Waals surface area (Å²) in [5, 5.41) is 0. The van der Waals surface area contributed by atoms with Gasteiger partial charge in [0.05, 0.1) is 17.6 Å². The van der Waals surface area contributed by atoms with E-state index in [1.165, 1.54) is 12.1 Å². The maximum atomic E-state index is 11.5. The van der Waals surface area contributed by atoms with Gasteiger partial charge in [-0.2, -0.15) is 0 Å². The number of aromatic nitrogens is 1. The first-order valence-corrected chi connectivity index (χ1v) is 8.16. The SMILES string of the molecule is Br.CC(=O)c1cccc(-c2ccc(N3CC4CC3CN4C)cn2)c1. The highest BCUT2D eigenvalue weighted by Gasteiger charge is 2.41. The van der Waals surface area contributed by atoms with Gasteiger partial charge >= 0.3 is 0 Å². The van der Waals surface area contributed by atoms with Crippen molar-refractivity contribution in [3.63, 3.8) is 0 Å². The third kappa shape index (κ3) is 2.98. The van der Waals surface area contributed by atoms with Crippen LogP contribution in [-0.2, 0) is 0 Å². The van der Waals surface area contributed by atoms with Gasteiger partial charge in [-0.05, 0) is 38.6 Å². The van der Waals surface area contributed by atoms with Crippen molar-refractivity contribution in [1.82, 2.24) is 9.88 Å². The molecule has 2 aliphatic rings. The highest BCUT2D eigenvalue weighted by atomic mass is 79.9. The van der Waals surface area contributed by atoms with Crippen LogP contribution in [0.25, 0.3) is 11.3 Å². The number of ketones is 1. The first kappa shape index (κ1) is 17.1. The fourth-order valence-electron chi connectivity index (χ4n) is 3.81. The van der Waals surface area contributed by atoms with E-state index >= 15 is 0 Å². The van der Waals surface area contributed by atoms with E-state index in [-0.39, 0.29) is 22.8 Å². The molecular weight excluding hydrogens is 366 g/mol. The second kappa shape index (κ2) is 6.65. The standard InChI is InChI=1S/C19H21N3O.BrH/c1-13(23)14-4-3-5-15(8-14)19-7-6-16(10-20-19)22-12-17-9-18(22)11-21(17)2;/h3-8,10,17-18H,9,11-12H2,1-2H3;1H. The lowest BCUT2D eigenvalue weighted by molar-refractivity contribution is 0.101. The van der Waals surface area contributed by atoms with Gasteiger partial charge in [-0.3, -0.25) is 14.7 Å². The van der Waals surface area contributed by atoms with Gasteiger partial charge < -0.3 is 4.90 Å². The largest absolute Gasteiger partial charge is 0.364 e. The third-order valence-corrected chi connectivity index (χ3v) is 5.16. The van der Waals surface area contributed by atoms with Crippen molar-refractivity contribution in [3.05, 3.63) is 48.2 Å². The van der Waals surface area contributed by atoms with Crippen LogP contribution in [0.3, 0.4) is 0 Å². The minimum atomic E-state index is 0. The number of likely N-dealkylation sites (tertiary alicyclic amines) is 1. The number of halogens is 1. The van der Waals surface area contributed by atoms with E-state index in [2.05, 4.69) is 34.0 Å². The fraction of sp³-hybridized carbons (Fsp3) is 0.368. The number of hydrogen-bond donors (Lipinski definition) is 0. The summed E-state index contributed by atoms with van der Waals surface area (Å²) in [4.78, 5) is 21.1. The van der Waals surface area contributed by atoms with E-state index in [9.17, 15) is 4.79 Å². The van der Waals surface area contributed by atoms with Crippen molar-refractivity contribution < 1.29 is 4.79 Å². The number of benzene rings is 1. The summed E-state index contributed by atoms with van der Waals surface area (Å²) in [7, 11) is 2.21. The maximum Gasteiger partial charge on any atom is 0.159 e. The highest BCUT2D eigenvalue weighted by molar-refractivity contribution is 8.93. The molecule has 0 spiro atoms. The van der Waals surface area contributed by atoms with E-state index < -0.39 is 0 Å². The zero-order chi connectivity index (χ0) is 16.0. The van der Waals surface area contributed by atoms with E-state index in [0.717, 1.165) is 29.9 Å². The van der Waals surface area contributed by atoms with E-state index in [1.54, 1.807) is 6.92 Å². The Kier molecular flexibility index (Phi) is 4.74. The van der Waals surface area contributed by atoms with Crippen molar-refractivity contribution in [3.8, 4) is 11.3 Å². The van der Waals surface area contributed by atoms with Crippen LogP contribution >= 0.6 is 17.0 Å². The van der Waals surface area contributed by atoms with Crippen molar-refractivity contribution in [2.75, 3.05) is 25.0 Å². The predicted octanol–water partition coefficient (Wildman–Crippen LogP) is 3.42. The number of nitrogens with zero attached hydrogens (tertiary/aromatic N) is 3. The molecule has 0 N–H and O–H groups in total. The molecule has 5 heteroatoms. The molecule has 126 valence electrons. The molecule has 2 atom stereocenters. The molecule has 1 aromatic heterocycles. The number of carbonyl (C=O) groups is 1. The van der Waals surface area contributed by atoms with Crippen LogP contribution in [0.5, 0.6) is 0 Å². The van der Waals surface area contributed by atoms with E-state index in [4.69, 9.17) is 0 Å². The predicted molar refractivity (Wildman–Crippen MR) is 102 cm³/mol. The summed E-state index contributed by atoms with van der Waals surface area (Å²) in [6.07, 6.45) is 3.23. The normalized spacial score (nSPS) is 22.5. The van der Waals surface area contributed by atoms with Crippen molar-refractivity contribution in [2.45, 2.75) is 25.4 Å². The summed E-state index contributed by atoms with van der Waals surface area (Å²) in [6, 6.07) is 13.2. The number of Topliss-reactive ketones (excluding diaryl/α,β-unsaturated/α-hetero) is 1. The molecule has 0 amide bonds. The van der Waals surface area contributed by atoms with Crippen molar-refractivity contribution in [2.24, 2.45) is 0 Å². The van der Waals surface area contributed by atoms with Gasteiger partial charge in [0.1, 0.15) is 0 Å². The summed E-state index contributed by atoms with van der Waals surface area (Å²) >= 11 is 0. The number of rotatable bonds is 3. The minimum Gasteiger partial charge on any atom is -0.364 e. The van der Waals surface area contributed by atoms with Gasteiger partial charge in [0, 0.05) is 36.3 Å². The fourth-order valence-corrected chi connectivity index (χ4v) is 3.81. The Bertz CT molecular complexity index is 745. The van der Waals surface area contributed by atoms with Gasteiger partial charge in [-0.25, -0.2) is 0 Å². The molecule has 4 nitrogen and oxygen atoms in total. The topological polar surface area (TPSA) is 36.4 Å². The van der Waals surface area contributed by atoms with Gasteiger partial charge in [0.25, 0.3) is 0 Å². The molecule has 2 aromatic rings. The number of fused-ring (bicyclic) bond motifs is 2. The number of likely N-dealkylation sites (N-methyl/N-ethyl adjacent to an activating group) is 1. The number of anilines is 1. The smallest absolute Gasteiger partial charge is 0.159 e. The molecule has 0 saturated carbocycles. The monoisotopic (exact) mass is 387 g/mol. The summed E-state index contributed by atoms with van der Waals surface area (Å²) in [5.74, 6) is 0.0840. The number of hydrogen-bond acceptors (Lipinski definition) is 4. The van der Waals surface area contributed by atoms with E-state index in [1.807, 2.05) is 30.5 Å². The molecule has 2 fully saturated rings. The average Bonchev–Trinajstić information content (AvgIpc) is 3.14. The lowest BCUT2D eigenvalue weighted by Gasteiger charge is -2.33. The Morgan fingerprint density at radius 1 is 1.17 bits per heavy atom. The van der Waals surface area contributed by atoms with Gasteiger partial charge in [-0.1, -0.05) is 18.2 Å². The molecule has 2 aliphatic heterocycles. The Hall–Kier alpha value is -1.72.